The van der Waals surface area contributed by atoms with E-state index in [1.807, 2.05) is 6.92 Å². The van der Waals surface area contributed by atoms with Crippen LogP contribution in [0.2, 0.25) is 0 Å². The van der Waals surface area contributed by atoms with Crippen molar-refractivity contribution in [2.75, 3.05) is 13.2 Å². The molecule has 4 saturated carbocycles. The summed E-state index contributed by atoms with van der Waals surface area (Å²) in [4.78, 5) is 27.0. The Balaban J connectivity index is 1.05. The normalized spacial score (nSPS) is 52.7. The molecule has 7 fully saturated rings. The van der Waals surface area contributed by atoms with Crippen molar-refractivity contribution in [2.45, 2.75) is 207 Å². The zero-order valence-corrected chi connectivity index (χ0v) is 40.4. The largest absolute Gasteiger partial charge is 0.479 e. The molecule has 3 saturated heterocycles. The lowest BCUT2D eigenvalue weighted by atomic mass is 9.33. The van der Waals surface area contributed by atoms with Crippen LogP contribution in [0.3, 0.4) is 0 Å². The van der Waals surface area contributed by atoms with E-state index in [0.29, 0.717) is 37.7 Å². The lowest BCUT2D eigenvalue weighted by Gasteiger charge is -2.71. The molecule has 0 amide bonds. The SMILES string of the molecule is C[C@@H]1[C@@H](C)[C@H](O[C@H]2[C@H](O[C@H]3CC[C@]4(C)[C@H]5CC=C6[C@@H]7CC(C)(C)CC[C@]7(C(=O)O[C@@H]7O[C@H](CO)[C@@H](O)[C@H](O)[C@H]7O)CC[C@@]6(C)[C@]5(C)CC[C@H]4C3(C)C)O[C@H](C(=O)O)[C@@H](O)[C@@H]2O)OC[C@H]1C. The van der Waals surface area contributed by atoms with Gasteiger partial charge in [0.1, 0.15) is 42.7 Å². The van der Waals surface area contributed by atoms with Gasteiger partial charge in [-0.3, -0.25) is 4.79 Å². The minimum absolute atomic E-state index is 0.0354. The van der Waals surface area contributed by atoms with E-state index in [1.54, 1.807) is 0 Å². The molecule has 0 aromatic rings. The van der Waals surface area contributed by atoms with E-state index in [-0.39, 0.29) is 51.4 Å². The first-order chi connectivity index (χ1) is 30.3. The van der Waals surface area contributed by atoms with Gasteiger partial charge in [-0.2, -0.15) is 0 Å². The average Bonchev–Trinajstić information content (AvgIpc) is 3.24. The maximum atomic E-state index is 14.7. The molecule has 65 heavy (non-hydrogen) atoms. The van der Waals surface area contributed by atoms with Crippen molar-refractivity contribution in [1.82, 2.24) is 0 Å². The number of allylic oxidation sites excluding steroid dienone is 2. The van der Waals surface area contributed by atoms with Gasteiger partial charge in [0.25, 0.3) is 0 Å². The molecule has 15 nitrogen and oxygen atoms in total. The van der Waals surface area contributed by atoms with Gasteiger partial charge in [0.05, 0.1) is 24.7 Å². The topological polar surface area (TPSA) is 231 Å². The number of ether oxygens (including phenoxy) is 6. The van der Waals surface area contributed by atoms with Gasteiger partial charge in [0, 0.05) is 5.92 Å². The number of carboxylic acids is 1. The fraction of sp³-hybridized carbons (Fsp3) is 0.920. The quantitative estimate of drug-likeness (QED) is 0.0995. The van der Waals surface area contributed by atoms with E-state index in [4.69, 9.17) is 28.4 Å². The van der Waals surface area contributed by atoms with E-state index in [2.05, 4.69) is 68.4 Å². The second kappa shape index (κ2) is 17.3. The van der Waals surface area contributed by atoms with Gasteiger partial charge in [-0.15, -0.1) is 0 Å². The number of aliphatic hydroxyl groups is 6. The Labute approximate surface area is 384 Å². The number of rotatable bonds is 8. The van der Waals surface area contributed by atoms with Gasteiger partial charge in [-0.05, 0) is 121 Å². The molecule has 0 spiro atoms. The second-order valence-corrected chi connectivity index (χ2v) is 24.2. The molecule has 15 heteroatoms. The molecule has 0 bridgehead atoms. The third-order valence-electron chi connectivity index (χ3n) is 20.1. The van der Waals surface area contributed by atoms with Crippen LogP contribution in [-0.4, -0.2) is 135 Å². The van der Waals surface area contributed by atoms with Crippen molar-refractivity contribution in [2.24, 2.45) is 68.0 Å². The number of carbonyl (C=O) groups excluding carboxylic acids is 1. The van der Waals surface area contributed by atoms with Gasteiger partial charge >= 0.3 is 11.9 Å². The molecule has 0 aromatic carbocycles. The van der Waals surface area contributed by atoms with Gasteiger partial charge < -0.3 is 64.2 Å². The molecule has 22 atom stereocenters. The maximum Gasteiger partial charge on any atom is 0.335 e. The number of hydrogen-bond acceptors (Lipinski definition) is 14. The third-order valence-corrected chi connectivity index (χ3v) is 20.1. The molecule has 3 heterocycles. The third kappa shape index (κ3) is 7.79. The molecule has 5 aliphatic carbocycles. The summed E-state index contributed by atoms with van der Waals surface area (Å²) in [6.07, 6.45) is -5.90. The van der Waals surface area contributed by atoms with Crippen molar-refractivity contribution < 1.29 is 73.8 Å². The minimum Gasteiger partial charge on any atom is -0.479 e. The first-order valence-electron chi connectivity index (χ1n) is 24.7. The molecule has 3 aliphatic heterocycles. The Kier molecular flexibility index (Phi) is 13.2. The molecule has 7 N–H and O–H groups in total. The Morgan fingerprint density at radius 3 is 2.11 bits per heavy atom. The van der Waals surface area contributed by atoms with E-state index >= 15 is 0 Å². The standard InChI is InChI=1S/C50H80O15/c1-24-23-60-41(26(3)25(24)2)64-39-36(55)35(54)38(40(57)58)63-43(39)62-32-14-15-47(8)30(46(32,6)7)13-16-49(10)31(47)12-11-27-28-21-45(4,5)17-19-50(28,20-18-48(27,49)9)44(59)65-42-37(56)34(53)33(52)29(22-51)61-42/h11,24-26,28-39,41-43,51-56H,12-23H2,1-10H3,(H,57,58)/t24-,25+,26-,28+,29-,30+,31-,32+,33-,34+,35+,36+,37-,38+,39-,41+,42+,43-,47+,48-,49-,50+/m1/s1. The number of aliphatic carboxylic acids is 1. The van der Waals surface area contributed by atoms with Crippen molar-refractivity contribution in [1.29, 1.82) is 0 Å². The summed E-state index contributed by atoms with van der Waals surface area (Å²) >= 11 is 0. The number of hydrogen-bond donors (Lipinski definition) is 7. The summed E-state index contributed by atoms with van der Waals surface area (Å²) in [6.45, 7) is 22.5. The van der Waals surface area contributed by atoms with Crippen molar-refractivity contribution in [3.63, 3.8) is 0 Å². The summed E-state index contributed by atoms with van der Waals surface area (Å²) in [5.41, 5.74) is -0.460. The molecule has 8 aliphatic rings. The van der Waals surface area contributed by atoms with Crippen molar-refractivity contribution >= 4 is 11.9 Å². The van der Waals surface area contributed by atoms with Crippen LogP contribution in [0, 0.1) is 68.0 Å². The van der Waals surface area contributed by atoms with Crippen LogP contribution in [0.5, 0.6) is 0 Å². The summed E-state index contributed by atoms with van der Waals surface area (Å²) in [5.74, 6) is -0.927. The van der Waals surface area contributed by atoms with Crippen molar-refractivity contribution in [3.05, 3.63) is 11.6 Å². The Hall–Kier alpha value is -1.76. The minimum atomic E-state index is -1.73. The predicted octanol–water partition coefficient (Wildman–Crippen LogP) is 4.70. The van der Waals surface area contributed by atoms with E-state index in [9.17, 15) is 45.3 Å². The zero-order valence-electron chi connectivity index (χ0n) is 40.4. The maximum absolute atomic E-state index is 14.7. The molecular weight excluding hydrogens is 841 g/mol. The number of fused-ring (bicyclic) bond motifs is 7. The highest BCUT2D eigenvalue weighted by Gasteiger charge is 2.70. The Bertz CT molecular complexity index is 1820. The summed E-state index contributed by atoms with van der Waals surface area (Å²) < 4.78 is 37.2. The molecular formula is C50H80O15. The van der Waals surface area contributed by atoms with E-state index in [0.717, 1.165) is 44.9 Å². The highest BCUT2D eigenvalue weighted by atomic mass is 16.8. The van der Waals surface area contributed by atoms with Gasteiger partial charge in [-0.25, -0.2) is 4.79 Å². The predicted molar refractivity (Wildman–Crippen MR) is 234 cm³/mol. The lowest BCUT2D eigenvalue weighted by molar-refractivity contribution is -0.358. The molecule has 0 radical (unpaired) electrons. The van der Waals surface area contributed by atoms with Crippen LogP contribution < -0.4 is 0 Å². The van der Waals surface area contributed by atoms with Crippen LogP contribution in [0.15, 0.2) is 11.6 Å². The first kappa shape index (κ1) is 49.7. The van der Waals surface area contributed by atoms with Crippen LogP contribution in [0.25, 0.3) is 0 Å². The Morgan fingerprint density at radius 2 is 1.43 bits per heavy atom. The summed E-state index contributed by atoms with van der Waals surface area (Å²) in [7, 11) is 0. The zero-order chi connectivity index (χ0) is 47.6. The van der Waals surface area contributed by atoms with Crippen molar-refractivity contribution in [3.8, 4) is 0 Å². The number of carbonyl (C=O) groups is 2. The fourth-order valence-electron chi connectivity index (χ4n) is 15.3. The fourth-order valence-corrected chi connectivity index (χ4v) is 15.3. The van der Waals surface area contributed by atoms with Crippen LogP contribution in [-0.2, 0) is 38.0 Å². The van der Waals surface area contributed by atoms with Crippen LogP contribution in [0.4, 0.5) is 0 Å². The van der Waals surface area contributed by atoms with Gasteiger partial charge in [0.15, 0.2) is 18.7 Å². The number of carboxylic acid groups (broad SMARTS) is 1. The van der Waals surface area contributed by atoms with Crippen LogP contribution in [0.1, 0.15) is 133 Å². The summed E-state index contributed by atoms with van der Waals surface area (Å²) in [5, 5.41) is 74.1. The molecule has 0 unspecified atom stereocenters. The summed E-state index contributed by atoms with van der Waals surface area (Å²) in [6, 6.07) is 0. The molecule has 0 aromatic heterocycles. The number of esters is 1. The monoisotopic (exact) mass is 921 g/mol. The van der Waals surface area contributed by atoms with Gasteiger partial charge in [-0.1, -0.05) is 80.9 Å². The van der Waals surface area contributed by atoms with E-state index in [1.165, 1.54) is 5.57 Å². The van der Waals surface area contributed by atoms with Gasteiger partial charge in [0.2, 0.25) is 6.29 Å². The molecule has 8 rings (SSSR count). The highest BCUT2D eigenvalue weighted by Crippen LogP contribution is 2.76. The van der Waals surface area contributed by atoms with Crippen LogP contribution >= 0.6 is 0 Å². The second-order valence-electron chi connectivity index (χ2n) is 24.2. The smallest absolute Gasteiger partial charge is 0.335 e. The molecule has 370 valence electrons. The Morgan fingerprint density at radius 1 is 0.738 bits per heavy atom. The highest BCUT2D eigenvalue weighted by molar-refractivity contribution is 5.79. The van der Waals surface area contributed by atoms with E-state index < -0.39 is 97.1 Å². The average molecular weight is 921 g/mol. The number of aliphatic hydroxyl groups excluding tert-OH is 6. The first-order valence-corrected chi connectivity index (χ1v) is 24.7. The lowest BCUT2D eigenvalue weighted by Crippen LogP contribution is -2.66.